The third-order valence-corrected chi connectivity index (χ3v) is 13.3. The molecule has 4 saturated heterocycles. The molecule has 4 aliphatic heterocycles. The second kappa shape index (κ2) is 25.1. The van der Waals surface area contributed by atoms with Gasteiger partial charge < -0.3 is 38.0 Å². The highest BCUT2D eigenvalue weighted by Gasteiger charge is 2.64. The van der Waals surface area contributed by atoms with E-state index in [0.717, 1.165) is 77.7 Å². The van der Waals surface area contributed by atoms with Crippen molar-refractivity contribution in [3.05, 3.63) is 35.9 Å². The van der Waals surface area contributed by atoms with E-state index in [1.165, 1.54) is 69.7 Å². The van der Waals surface area contributed by atoms with Crippen LogP contribution >= 0.6 is 0 Å². The maximum Gasteiger partial charge on any atom is 0.432 e. The van der Waals surface area contributed by atoms with E-state index in [-0.39, 0.29) is 73.1 Å². The first-order valence-electron chi connectivity index (χ1n) is 23.6. The molecule has 4 aliphatic rings. The Balaban J connectivity index is 1.08. The van der Waals surface area contributed by atoms with E-state index in [1.54, 1.807) is 6.07 Å². The van der Waals surface area contributed by atoms with E-state index >= 15 is 0 Å². The second-order valence-electron chi connectivity index (χ2n) is 18.0. The van der Waals surface area contributed by atoms with Crippen LogP contribution in [0.1, 0.15) is 174 Å². The lowest BCUT2D eigenvalue weighted by Gasteiger charge is -2.35. The lowest BCUT2D eigenvalue weighted by molar-refractivity contribution is -0.280. The SMILES string of the molecule is CCCCCCCCCCCC[C@@H](OC(=O)[C@](OC)(c1ccccc1)C(F)(F)F)[C@H]1CC[C@H]([C@H]2CC[C@@H]([C@@H]3CC[C@@H](CCCCC[C@@H]4CC(CC(C)=O)C(=O)O4)O3)OCO2)O1. The van der Waals surface area contributed by atoms with Gasteiger partial charge in [-0.25, -0.2) is 4.79 Å². The molecule has 4 fully saturated rings. The van der Waals surface area contributed by atoms with Crippen molar-refractivity contribution in [2.75, 3.05) is 13.9 Å². The second-order valence-corrected chi connectivity index (χ2v) is 18.0. The number of carbonyl (C=O) groups is 3. The predicted octanol–water partition coefficient (Wildman–Crippen LogP) is 10.8. The topological polar surface area (TPSA) is 116 Å². The van der Waals surface area contributed by atoms with Gasteiger partial charge in [0.05, 0.1) is 42.5 Å². The van der Waals surface area contributed by atoms with Gasteiger partial charge in [0.1, 0.15) is 24.8 Å². The third-order valence-electron chi connectivity index (χ3n) is 13.3. The Hall–Kier alpha value is -2.58. The molecule has 0 aromatic heterocycles. The number of benzene rings is 1. The van der Waals surface area contributed by atoms with Gasteiger partial charge in [0.2, 0.25) is 0 Å². The molecule has 1 aromatic rings. The number of carbonyl (C=O) groups excluding carboxylic acids is 3. The highest BCUT2D eigenvalue weighted by molar-refractivity contribution is 5.84. The molecular formula is C48H73F3O10. The van der Waals surface area contributed by atoms with Crippen LogP contribution in [0.25, 0.3) is 0 Å². The summed E-state index contributed by atoms with van der Waals surface area (Å²) >= 11 is 0. The van der Waals surface area contributed by atoms with Crippen LogP contribution in [0, 0.1) is 5.92 Å². The van der Waals surface area contributed by atoms with Crippen molar-refractivity contribution >= 4 is 17.7 Å². The maximum atomic E-state index is 14.8. The summed E-state index contributed by atoms with van der Waals surface area (Å²) in [7, 11) is 0.895. The number of unbranched alkanes of at least 4 members (excludes halogenated alkanes) is 11. The van der Waals surface area contributed by atoms with Gasteiger partial charge in [-0.3, -0.25) is 4.79 Å². The summed E-state index contributed by atoms with van der Waals surface area (Å²) in [6.45, 7) is 3.81. The van der Waals surface area contributed by atoms with Crippen molar-refractivity contribution in [1.82, 2.24) is 0 Å². The Morgan fingerprint density at radius 2 is 1.31 bits per heavy atom. The molecule has 13 heteroatoms. The van der Waals surface area contributed by atoms with Crippen LogP contribution < -0.4 is 0 Å². The van der Waals surface area contributed by atoms with Gasteiger partial charge in [-0.05, 0) is 84.0 Å². The summed E-state index contributed by atoms with van der Waals surface area (Å²) in [6, 6.07) is 6.96. The monoisotopic (exact) mass is 867 g/mol. The minimum atomic E-state index is -5.06. The van der Waals surface area contributed by atoms with Crippen molar-refractivity contribution in [2.24, 2.45) is 5.92 Å². The molecule has 61 heavy (non-hydrogen) atoms. The zero-order valence-electron chi connectivity index (χ0n) is 37.0. The Bertz CT molecular complexity index is 1460. The van der Waals surface area contributed by atoms with Gasteiger partial charge in [0, 0.05) is 19.1 Å². The van der Waals surface area contributed by atoms with Crippen LogP contribution in [0.15, 0.2) is 30.3 Å². The van der Waals surface area contributed by atoms with Crippen LogP contribution in [-0.4, -0.2) is 86.6 Å². The van der Waals surface area contributed by atoms with E-state index in [1.807, 2.05) is 0 Å². The van der Waals surface area contributed by atoms with Crippen molar-refractivity contribution in [3.8, 4) is 0 Å². The number of rotatable bonds is 26. The molecular weight excluding hydrogens is 794 g/mol. The number of Topliss-reactive ketones (excluding diaryl/α,β-unsaturated/α-hetero) is 1. The standard InChI is InChI=1S/C48H73F3O10/c1-4-5-6-7-8-9-10-11-12-19-24-41(61-46(54)47(55-3,48(49,50)51)36-20-15-13-16-21-36)44-30-29-43(60-44)40-28-27-39(56-33-57-40)42-26-25-37(58-42)22-17-14-18-23-38-32-35(31-34(2)52)45(53)59-38/h13,15-16,20-21,35,37-44H,4-12,14,17-19,22-33H2,1-3H3/t35?,37-,38-,39+,40-,41-,42+,43-,44-,47-/m1/s1. The summed E-state index contributed by atoms with van der Waals surface area (Å²) in [5.41, 5.74) is -3.60. The predicted molar refractivity (Wildman–Crippen MR) is 224 cm³/mol. The first-order chi connectivity index (χ1) is 29.4. The van der Waals surface area contributed by atoms with Crippen LogP contribution in [0.3, 0.4) is 0 Å². The van der Waals surface area contributed by atoms with Gasteiger partial charge in [0.15, 0.2) is 0 Å². The molecule has 0 N–H and O–H groups in total. The van der Waals surface area contributed by atoms with Crippen LogP contribution in [0.2, 0.25) is 0 Å². The van der Waals surface area contributed by atoms with Gasteiger partial charge in [0.25, 0.3) is 5.60 Å². The highest BCUT2D eigenvalue weighted by Crippen LogP contribution is 2.44. The Kier molecular flexibility index (Phi) is 20.3. The molecule has 10 atom stereocenters. The van der Waals surface area contributed by atoms with E-state index in [4.69, 9.17) is 33.2 Å². The minimum absolute atomic E-state index is 0.0199. The summed E-state index contributed by atoms with van der Waals surface area (Å²) in [5.74, 6) is -1.99. The largest absolute Gasteiger partial charge is 0.462 e. The summed E-state index contributed by atoms with van der Waals surface area (Å²) < 4.78 is 86.3. The zero-order valence-corrected chi connectivity index (χ0v) is 37.0. The molecule has 10 nitrogen and oxygen atoms in total. The lowest BCUT2D eigenvalue weighted by atomic mass is 9.92. The average molecular weight is 867 g/mol. The Morgan fingerprint density at radius 3 is 1.93 bits per heavy atom. The smallest absolute Gasteiger partial charge is 0.432 e. The molecule has 0 amide bonds. The van der Waals surface area contributed by atoms with Gasteiger partial charge in [-0.1, -0.05) is 108 Å². The molecule has 5 rings (SSSR count). The summed E-state index contributed by atoms with van der Waals surface area (Å²) in [6.07, 6.45) is 14.5. The molecule has 0 bridgehead atoms. The van der Waals surface area contributed by atoms with Gasteiger partial charge >= 0.3 is 18.1 Å². The quantitative estimate of drug-likeness (QED) is 0.0658. The molecule has 1 aromatic carbocycles. The molecule has 346 valence electrons. The normalized spacial score (nSPS) is 28.6. The number of hydrogen-bond acceptors (Lipinski definition) is 10. The molecule has 0 aliphatic carbocycles. The van der Waals surface area contributed by atoms with Crippen LogP contribution in [-0.2, 0) is 53.1 Å². The number of esters is 2. The Morgan fingerprint density at radius 1 is 0.738 bits per heavy atom. The van der Waals surface area contributed by atoms with Crippen molar-refractivity contribution in [3.63, 3.8) is 0 Å². The molecule has 0 spiro atoms. The van der Waals surface area contributed by atoms with Crippen LogP contribution in [0.4, 0.5) is 13.2 Å². The molecule has 4 heterocycles. The third kappa shape index (κ3) is 14.5. The lowest BCUT2D eigenvalue weighted by Crippen LogP contribution is -2.53. The summed E-state index contributed by atoms with van der Waals surface area (Å²) in [5, 5.41) is 0. The van der Waals surface area contributed by atoms with Gasteiger partial charge in [-0.2, -0.15) is 13.2 Å². The number of alkyl halides is 3. The van der Waals surface area contributed by atoms with E-state index in [2.05, 4.69) is 6.92 Å². The fraction of sp³-hybridized carbons (Fsp3) is 0.812. The van der Waals surface area contributed by atoms with Crippen molar-refractivity contribution in [2.45, 2.75) is 229 Å². The van der Waals surface area contributed by atoms with Crippen molar-refractivity contribution in [1.29, 1.82) is 0 Å². The molecule has 0 saturated carbocycles. The number of ether oxygens (including phenoxy) is 7. The first kappa shape index (κ1) is 49.4. The van der Waals surface area contributed by atoms with E-state index in [0.29, 0.717) is 38.5 Å². The highest BCUT2D eigenvalue weighted by atomic mass is 19.4. The minimum Gasteiger partial charge on any atom is -0.462 e. The van der Waals surface area contributed by atoms with Crippen LogP contribution in [0.5, 0.6) is 0 Å². The van der Waals surface area contributed by atoms with E-state index in [9.17, 15) is 27.6 Å². The molecule has 0 radical (unpaired) electrons. The average Bonchev–Trinajstić information content (AvgIpc) is 3.95. The first-order valence-corrected chi connectivity index (χ1v) is 23.6. The maximum absolute atomic E-state index is 14.8. The van der Waals surface area contributed by atoms with Gasteiger partial charge in [-0.15, -0.1) is 0 Å². The number of hydrogen-bond donors (Lipinski definition) is 0. The fourth-order valence-electron chi connectivity index (χ4n) is 9.85. The summed E-state index contributed by atoms with van der Waals surface area (Å²) in [4.78, 5) is 37.3. The number of ketones is 1. The number of cyclic esters (lactones) is 1. The van der Waals surface area contributed by atoms with Crippen molar-refractivity contribution < 1.29 is 60.7 Å². The number of methoxy groups -OCH3 is 1. The zero-order chi connectivity index (χ0) is 43.7. The number of halogens is 3. The fourth-order valence-corrected chi connectivity index (χ4v) is 9.85. The van der Waals surface area contributed by atoms with E-state index < -0.39 is 30.0 Å². The Labute approximate surface area is 362 Å². The molecule has 1 unspecified atom stereocenters.